The van der Waals surface area contributed by atoms with E-state index in [1.165, 1.54) is 7.11 Å². The van der Waals surface area contributed by atoms with Gasteiger partial charge in [0.25, 0.3) is 0 Å². The SMILES string of the molecule is COC(=O)CCCCC(=O)C#C[Si](C)(C)C. The van der Waals surface area contributed by atoms with Crippen LogP contribution in [0.3, 0.4) is 0 Å². The number of hydrogen-bond acceptors (Lipinski definition) is 3. The number of Topliss-reactive ketones (excluding diaryl/α,β-unsaturated/α-hetero) is 1. The molecule has 4 heteroatoms. The number of carbonyl (C=O) groups excluding carboxylic acids is 2. The van der Waals surface area contributed by atoms with Crippen molar-refractivity contribution in [1.29, 1.82) is 0 Å². The van der Waals surface area contributed by atoms with Crippen molar-refractivity contribution >= 4 is 19.8 Å². The van der Waals surface area contributed by atoms with Gasteiger partial charge in [-0.15, -0.1) is 5.54 Å². The highest BCUT2D eigenvalue weighted by Crippen LogP contribution is 2.02. The first-order valence-corrected chi connectivity index (χ1v) is 8.98. The molecular weight excluding hydrogens is 220 g/mol. The summed E-state index contributed by atoms with van der Waals surface area (Å²) >= 11 is 0. The first-order valence-electron chi connectivity index (χ1n) is 5.48. The van der Waals surface area contributed by atoms with Crippen molar-refractivity contribution in [1.82, 2.24) is 0 Å². The molecule has 0 aliphatic rings. The van der Waals surface area contributed by atoms with Crippen LogP contribution in [-0.2, 0) is 14.3 Å². The van der Waals surface area contributed by atoms with Crippen LogP contribution in [0.25, 0.3) is 0 Å². The predicted molar refractivity (Wildman–Crippen MR) is 66.6 cm³/mol. The molecule has 0 N–H and O–H groups in total. The summed E-state index contributed by atoms with van der Waals surface area (Å²) < 4.78 is 4.50. The Bertz CT molecular complexity index is 304. The molecule has 0 radical (unpaired) electrons. The van der Waals surface area contributed by atoms with E-state index in [2.05, 4.69) is 35.8 Å². The lowest BCUT2D eigenvalue weighted by Gasteiger charge is -2.02. The molecule has 0 spiro atoms. The summed E-state index contributed by atoms with van der Waals surface area (Å²) in [4.78, 5) is 22.1. The maximum Gasteiger partial charge on any atom is 0.305 e. The van der Waals surface area contributed by atoms with E-state index >= 15 is 0 Å². The van der Waals surface area contributed by atoms with Crippen LogP contribution in [-0.4, -0.2) is 26.9 Å². The van der Waals surface area contributed by atoms with E-state index in [9.17, 15) is 9.59 Å². The normalized spacial score (nSPS) is 10.2. The van der Waals surface area contributed by atoms with Gasteiger partial charge in [0.1, 0.15) is 8.07 Å². The van der Waals surface area contributed by atoms with Gasteiger partial charge in [-0.3, -0.25) is 9.59 Å². The molecule has 0 fully saturated rings. The number of rotatable bonds is 5. The standard InChI is InChI=1S/C12H20O3Si/c1-15-12(14)8-6-5-7-11(13)9-10-16(2,3)4/h5-8H2,1-4H3. The number of methoxy groups -OCH3 is 1. The minimum Gasteiger partial charge on any atom is -0.469 e. The molecule has 0 aliphatic carbocycles. The number of ether oxygens (including phenoxy) is 1. The Morgan fingerprint density at radius 2 is 1.69 bits per heavy atom. The fraction of sp³-hybridized carbons (Fsp3) is 0.667. The zero-order chi connectivity index (χ0) is 12.6. The van der Waals surface area contributed by atoms with Gasteiger partial charge in [0.2, 0.25) is 5.78 Å². The Morgan fingerprint density at radius 1 is 1.12 bits per heavy atom. The molecule has 0 aromatic heterocycles. The highest BCUT2D eigenvalue weighted by molar-refractivity contribution is 6.84. The molecule has 0 aliphatic heterocycles. The number of esters is 1. The van der Waals surface area contributed by atoms with Gasteiger partial charge in [0, 0.05) is 12.8 Å². The smallest absolute Gasteiger partial charge is 0.305 e. The summed E-state index contributed by atoms with van der Waals surface area (Å²) in [5.74, 6) is 2.44. The quantitative estimate of drug-likeness (QED) is 0.320. The van der Waals surface area contributed by atoms with Crippen LogP contribution in [0.4, 0.5) is 0 Å². The van der Waals surface area contributed by atoms with E-state index in [4.69, 9.17) is 0 Å². The third kappa shape index (κ3) is 9.47. The number of carbonyl (C=O) groups is 2. The molecule has 90 valence electrons. The van der Waals surface area contributed by atoms with E-state index in [0.717, 1.165) is 0 Å². The lowest BCUT2D eigenvalue weighted by molar-refractivity contribution is -0.140. The second-order valence-electron chi connectivity index (χ2n) is 4.71. The van der Waals surface area contributed by atoms with Gasteiger partial charge in [-0.05, 0) is 18.8 Å². The maximum atomic E-state index is 11.3. The summed E-state index contributed by atoms with van der Waals surface area (Å²) in [6, 6.07) is 0. The van der Waals surface area contributed by atoms with Crippen LogP contribution in [0.15, 0.2) is 0 Å². The van der Waals surface area contributed by atoms with Gasteiger partial charge in [0.15, 0.2) is 0 Å². The molecule has 16 heavy (non-hydrogen) atoms. The lowest BCUT2D eigenvalue weighted by atomic mass is 10.1. The lowest BCUT2D eigenvalue weighted by Crippen LogP contribution is -2.17. The topological polar surface area (TPSA) is 43.4 Å². The largest absolute Gasteiger partial charge is 0.469 e. The maximum absolute atomic E-state index is 11.3. The van der Waals surface area contributed by atoms with Crippen molar-refractivity contribution in [3.63, 3.8) is 0 Å². The molecule has 0 amide bonds. The summed E-state index contributed by atoms with van der Waals surface area (Å²) in [5, 5.41) is 0. The first kappa shape index (κ1) is 14.9. The molecule has 0 unspecified atom stereocenters. The van der Waals surface area contributed by atoms with Crippen LogP contribution >= 0.6 is 0 Å². The third-order valence-corrected chi connectivity index (χ3v) is 2.71. The Kier molecular flexibility index (Phi) is 6.74. The van der Waals surface area contributed by atoms with Crippen molar-refractivity contribution < 1.29 is 14.3 Å². The van der Waals surface area contributed by atoms with Crippen LogP contribution in [0.5, 0.6) is 0 Å². The van der Waals surface area contributed by atoms with Crippen molar-refractivity contribution in [2.24, 2.45) is 0 Å². The van der Waals surface area contributed by atoms with Crippen LogP contribution in [0, 0.1) is 11.5 Å². The van der Waals surface area contributed by atoms with Crippen molar-refractivity contribution in [2.45, 2.75) is 45.3 Å². The highest BCUT2D eigenvalue weighted by atomic mass is 28.3. The predicted octanol–water partition coefficient (Wildman–Crippen LogP) is 2.17. The van der Waals surface area contributed by atoms with Gasteiger partial charge in [-0.1, -0.05) is 19.6 Å². The highest BCUT2D eigenvalue weighted by Gasteiger charge is 2.08. The van der Waals surface area contributed by atoms with Crippen molar-refractivity contribution in [3.8, 4) is 11.5 Å². The molecule has 0 rings (SSSR count). The molecule has 0 bridgehead atoms. The van der Waals surface area contributed by atoms with E-state index in [-0.39, 0.29) is 11.8 Å². The minimum atomic E-state index is -1.45. The molecule has 0 aromatic rings. The number of hydrogen-bond donors (Lipinski definition) is 0. The summed E-state index contributed by atoms with van der Waals surface area (Å²) in [6.07, 6.45) is 2.21. The number of unbranched alkanes of at least 4 members (excludes halogenated alkanes) is 1. The van der Waals surface area contributed by atoms with Gasteiger partial charge in [-0.2, -0.15) is 0 Å². The second-order valence-corrected chi connectivity index (χ2v) is 9.46. The third-order valence-electron chi connectivity index (χ3n) is 1.84. The second kappa shape index (κ2) is 7.23. The molecule has 0 saturated carbocycles. The van der Waals surface area contributed by atoms with Gasteiger partial charge in [0.05, 0.1) is 7.11 Å². The monoisotopic (exact) mass is 240 g/mol. The van der Waals surface area contributed by atoms with Gasteiger partial charge >= 0.3 is 5.97 Å². The zero-order valence-corrected chi connectivity index (χ0v) is 11.6. The van der Waals surface area contributed by atoms with Crippen LogP contribution in [0.1, 0.15) is 25.7 Å². The molecule has 0 saturated heterocycles. The molecule has 0 heterocycles. The minimum absolute atomic E-state index is 0.0210. The van der Waals surface area contributed by atoms with Crippen LogP contribution < -0.4 is 0 Å². The van der Waals surface area contributed by atoms with E-state index in [1.807, 2.05) is 0 Å². The van der Waals surface area contributed by atoms with Gasteiger partial charge in [-0.25, -0.2) is 0 Å². The zero-order valence-electron chi connectivity index (χ0n) is 10.6. The van der Waals surface area contributed by atoms with Crippen LogP contribution in [0.2, 0.25) is 19.6 Å². The number of ketones is 1. The summed E-state index contributed by atoms with van der Waals surface area (Å²) in [5.41, 5.74) is 3.03. The molecular formula is C12H20O3Si. The average Bonchev–Trinajstić information content (AvgIpc) is 2.20. The van der Waals surface area contributed by atoms with Crippen molar-refractivity contribution in [3.05, 3.63) is 0 Å². The van der Waals surface area contributed by atoms with E-state index in [0.29, 0.717) is 25.7 Å². The average molecular weight is 240 g/mol. The molecule has 0 atom stereocenters. The first-order chi connectivity index (χ1) is 7.35. The molecule has 3 nitrogen and oxygen atoms in total. The fourth-order valence-corrected chi connectivity index (χ4v) is 1.49. The Hall–Kier alpha value is -1.08. The van der Waals surface area contributed by atoms with Gasteiger partial charge < -0.3 is 4.74 Å². The van der Waals surface area contributed by atoms with Crippen molar-refractivity contribution in [2.75, 3.05) is 7.11 Å². The van der Waals surface area contributed by atoms with E-state index in [1.54, 1.807) is 0 Å². The summed E-state index contributed by atoms with van der Waals surface area (Å²) in [6.45, 7) is 6.31. The fourth-order valence-electron chi connectivity index (χ4n) is 0.977. The molecule has 0 aromatic carbocycles. The van der Waals surface area contributed by atoms with E-state index < -0.39 is 8.07 Å². The summed E-state index contributed by atoms with van der Waals surface area (Å²) in [7, 11) is -0.0793. The Labute approximate surface area is 98.6 Å². The Balaban J connectivity index is 3.74. The Morgan fingerprint density at radius 3 is 2.19 bits per heavy atom.